The van der Waals surface area contributed by atoms with Gasteiger partial charge in [-0.15, -0.1) is 0 Å². The van der Waals surface area contributed by atoms with Crippen molar-refractivity contribution in [2.24, 2.45) is 0 Å². The molecular formula is C16H15BrN2O. The van der Waals surface area contributed by atoms with Crippen LogP contribution in [0.2, 0.25) is 0 Å². The molecule has 3 rings (SSSR count). The van der Waals surface area contributed by atoms with Crippen molar-refractivity contribution in [3.8, 4) is 0 Å². The smallest absolute Gasteiger partial charge is 0.138 e. The fraction of sp³-hybridized carbons (Fsp3) is 0.188. The van der Waals surface area contributed by atoms with Gasteiger partial charge in [-0.05, 0) is 17.7 Å². The molecule has 0 fully saturated rings. The first-order valence-corrected chi connectivity index (χ1v) is 7.35. The molecule has 4 heteroatoms. The minimum atomic E-state index is 0.653. The van der Waals surface area contributed by atoms with Crippen LogP contribution in [0.1, 0.15) is 11.3 Å². The summed E-state index contributed by atoms with van der Waals surface area (Å²) in [6, 6.07) is 14.2. The molecule has 0 unspecified atom stereocenters. The highest BCUT2D eigenvalue weighted by Crippen LogP contribution is 2.13. The Balaban J connectivity index is 1.55. The van der Waals surface area contributed by atoms with Crippen molar-refractivity contribution in [3.05, 3.63) is 70.6 Å². The van der Waals surface area contributed by atoms with Gasteiger partial charge in [-0.2, -0.15) is 0 Å². The van der Waals surface area contributed by atoms with Gasteiger partial charge in [0.15, 0.2) is 0 Å². The monoisotopic (exact) mass is 330 g/mol. The Hall–Kier alpha value is -1.65. The zero-order chi connectivity index (χ0) is 13.8. The zero-order valence-corrected chi connectivity index (χ0v) is 12.6. The van der Waals surface area contributed by atoms with Crippen LogP contribution in [-0.2, 0) is 17.8 Å². The molecule has 0 aliphatic rings. The fourth-order valence-electron chi connectivity index (χ4n) is 2.07. The number of nitrogens with zero attached hydrogens (tertiary/aromatic N) is 2. The second-order valence-corrected chi connectivity index (χ2v) is 5.55. The van der Waals surface area contributed by atoms with Gasteiger partial charge >= 0.3 is 0 Å². The molecule has 3 nitrogen and oxygen atoms in total. The Morgan fingerprint density at radius 3 is 2.85 bits per heavy atom. The maximum atomic E-state index is 5.68. The van der Waals surface area contributed by atoms with Crippen LogP contribution in [0.15, 0.2) is 59.3 Å². The largest absolute Gasteiger partial charge is 0.376 e. The maximum Gasteiger partial charge on any atom is 0.138 e. The molecule has 1 aromatic carbocycles. The molecule has 0 bridgehead atoms. The van der Waals surface area contributed by atoms with E-state index in [2.05, 4.69) is 33.0 Å². The highest BCUT2D eigenvalue weighted by Gasteiger charge is 2.02. The number of aromatic nitrogens is 2. The molecule has 0 aliphatic heterocycles. The highest BCUT2D eigenvalue weighted by atomic mass is 79.9. The Labute approximate surface area is 126 Å². The van der Waals surface area contributed by atoms with Crippen LogP contribution >= 0.6 is 15.9 Å². The van der Waals surface area contributed by atoms with E-state index >= 15 is 0 Å². The number of hydrogen-bond acceptors (Lipinski definition) is 2. The number of halogens is 1. The van der Waals surface area contributed by atoms with E-state index in [1.54, 1.807) is 0 Å². The van der Waals surface area contributed by atoms with Gasteiger partial charge in [0.05, 0.1) is 18.9 Å². The van der Waals surface area contributed by atoms with Gasteiger partial charge in [-0.25, -0.2) is 4.98 Å². The third kappa shape index (κ3) is 3.26. The molecule has 0 saturated carbocycles. The summed E-state index contributed by atoms with van der Waals surface area (Å²) in [7, 11) is 0. The molecule has 3 aromatic rings. The number of fused-ring (bicyclic) bond motifs is 1. The van der Waals surface area contributed by atoms with Crippen LogP contribution in [0.5, 0.6) is 0 Å². The number of ether oxygens (including phenoxy) is 1. The lowest BCUT2D eigenvalue weighted by Gasteiger charge is -2.02. The van der Waals surface area contributed by atoms with Crippen LogP contribution in [0.3, 0.4) is 0 Å². The van der Waals surface area contributed by atoms with E-state index in [0.29, 0.717) is 13.2 Å². The molecule has 0 amide bonds. The lowest BCUT2D eigenvalue weighted by molar-refractivity contribution is 0.123. The second-order valence-electron chi connectivity index (χ2n) is 4.63. The predicted molar refractivity (Wildman–Crippen MR) is 82.7 cm³/mol. The number of pyridine rings is 1. The van der Waals surface area contributed by atoms with Crippen LogP contribution in [-0.4, -0.2) is 16.0 Å². The van der Waals surface area contributed by atoms with Crippen molar-refractivity contribution in [1.82, 2.24) is 9.38 Å². The average Bonchev–Trinajstić information content (AvgIpc) is 2.86. The summed E-state index contributed by atoms with van der Waals surface area (Å²) in [5, 5.41) is 0. The lowest BCUT2D eigenvalue weighted by atomic mass is 10.2. The summed E-state index contributed by atoms with van der Waals surface area (Å²) in [6.45, 7) is 1.33. The molecule has 2 aromatic heterocycles. The molecule has 0 aliphatic carbocycles. The normalized spacial score (nSPS) is 11.1. The summed E-state index contributed by atoms with van der Waals surface area (Å²) in [4.78, 5) is 4.57. The average molecular weight is 331 g/mol. The second kappa shape index (κ2) is 6.20. The number of imidazole rings is 1. The van der Waals surface area contributed by atoms with Crippen molar-refractivity contribution in [3.63, 3.8) is 0 Å². The number of hydrogen-bond donors (Lipinski definition) is 0. The molecule has 0 saturated heterocycles. The highest BCUT2D eigenvalue weighted by molar-refractivity contribution is 9.10. The van der Waals surface area contributed by atoms with E-state index in [1.807, 2.05) is 47.1 Å². The fourth-order valence-corrected chi connectivity index (χ4v) is 2.39. The number of rotatable bonds is 5. The molecule has 20 heavy (non-hydrogen) atoms. The first-order chi connectivity index (χ1) is 9.81. The van der Waals surface area contributed by atoms with E-state index in [0.717, 1.165) is 22.2 Å². The Kier molecular flexibility index (Phi) is 4.14. The molecule has 0 radical (unpaired) electrons. The lowest BCUT2D eigenvalue weighted by Crippen LogP contribution is -1.99. The van der Waals surface area contributed by atoms with Gasteiger partial charge in [0.25, 0.3) is 0 Å². The van der Waals surface area contributed by atoms with Crippen LogP contribution < -0.4 is 0 Å². The van der Waals surface area contributed by atoms with Crippen LogP contribution in [0.4, 0.5) is 0 Å². The van der Waals surface area contributed by atoms with E-state index in [4.69, 9.17) is 4.74 Å². The van der Waals surface area contributed by atoms with Crippen molar-refractivity contribution < 1.29 is 4.74 Å². The molecule has 2 heterocycles. The molecule has 102 valence electrons. The SMILES string of the molecule is Brc1ccn2cc(CCOCc3ccccc3)nc2c1. The standard InChI is InChI=1S/C16H15BrN2O/c17-14-6-8-19-11-15(18-16(19)10-14)7-9-20-12-13-4-2-1-3-5-13/h1-6,8,10-11H,7,9,12H2. The van der Waals surface area contributed by atoms with Gasteiger partial charge in [0, 0.05) is 23.3 Å². The number of benzene rings is 1. The summed E-state index contributed by atoms with van der Waals surface area (Å²) >= 11 is 3.45. The quantitative estimate of drug-likeness (QED) is 0.664. The van der Waals surface area contributed by atoms with E-state index in [9.17, 15) is 0 Å². The van der Waals surface area contributed by atoms with Gasteiger partial charge in [0.1, 0.15) is 5.65 Å². The van der Waals surface area contributed by atoms with E-state index in [-0.39, 0.29) is 0 Å². The third-order valence-corrected chi connectivity index (χ3v) is 3.58. The first kappa shape index (κ1) is 13.3. The molecule has 0 atom stereocenters. The van der Waals surface area contributed by atoms with Crippen LogP contribution in [0, 0.1) is 0 Å². The van der Waals surface area contributed by atoms with E-state index < -0.39 is 0 Å². The van der Waals surface area contributed by atoms with Crippen molar-refractivity contribution in [2.45, 2.75) is 13.0 Å². The van der Waals surface area contributed by atoms with Crippen LogP contribution in [0.25, 0.3) is 5.65 Å². The van der Waals surface area contributed by atoms with Crippen molar-refractivity contribution >= 4 is 21.6 Å². The summed E-state index contributed by atoms with van der Waals surface area (Å²) < 4.78 is 8.75. The van der Waals surface area contributed by atoms with Crippen molar-refractivity contribution in [2.75, 3.05) is 6.61 Å². The van der Waals surface area contributed by atoms with Gasteiger partial charge in [0.2, 0.25) is 0 Å². The molecule has 0 N–H and O–H groups in total. The zero-order valence-electron chi connectivity index (χ0n) is 11.0. The topological polar surface area (TPSA) is 26.5 Å². The minimum Gasteiger partial charge on any atom is -0.376 e. The summed E-state index contributed by atoms with van der Waals surface area (Å²) in [6.07, 6.45) is 4.88. The molecule has 0 spiro atoms. The van der Waals surface area contributed by atoms with Gasteiger partial charge < -0.3 is 9.14 Å². The van der Waals surface area contributed by atoms with Gasteiger partial charge in [-0.3, -0.25) is 0 Å². The first-order valence-electron chi connectivity index (χ1n) is 6.56. The molecular weight excluding hydrogens is 316 g/mol. The summed E-state index contributed by atoms with van der Waals surface area (Å²) in [5.74, 6) is 0. The van der Waals surface area contributed by atoms with Gasteiger partial charge in [-0.1, -0.05) is 46.3 Å². The Bertz CT molecular complexity index is 694. The Morgan fingerprint density at radius 2 is 2.00 bits per heavy atom. The predicted octanol–water partition coefficient (Wildman–Crippen LogP) is 3.86. The van der Waals surface area contributed by atoms with Crippen molar-refractivity contribution in [1.29, 1.82) is 0 Å². The minimum absolute atomic E-state index is 0.653. The van der Waals surface area contributed by atoms with E-state index in [1.165, 1.54) is 5.56 Å². The maximum absolute atomic E-state index is 5.68. The third-order valence-electron chi connectivity index (χ3n) is 3.09. The summed E-state index contributed by atoms with van der Waals surface area (Å²) in [5.41, 5.74) is 3.21. The Morgan fingerprint density at radius 1 is 1.15 bits per heavy atom.